The van der Waals surface area contributed by atoms with Gasteiger partial charge < -0.3 is 4.74 Å². The van der Waals surface area contributed by atoms with Gasteiger partial charge in [-0.15, -0.1) is 0 Å². The van der Waals surface area contributed by atoms with Crippen LogP contribution in [-0.2, 0) is 4.74 Å². The number of hydrogen-bond donors (Lipinski definition) is 0. The summed E-state index contributed by atoms with van der Waals surface area (Å²) in [6.45, 7) is 0.494. The number of aliphatic imine (C=N–C) groups is 2. The Hall–Kier alpha value is -0.860. The normalized spacial score (nSPS) is 24.0. The van der Waals surface area contributed by atoms with Gasteiger partial charge in [-0.1, -0.05) is 0 Å². The Kier molecular flexibility index (Phi) is 0.190. The highest BCUT2D eigenvalue weighted by atomic mass is 16.5. The van der Waals surface area contributed by atoms with E-state index in [1.807, 2.05) is 0 Å². The van der Waals surface area contributed by atoms with E-state index in [0.717, 1.165) is 11.7 Å². The molecule has 2 rings (SSSR count). The zero-order valence-corrected chi connectivity index (χ0v) is 3.01. The van der Waals surface area contributed by atoms with Gasteiger partial charge in [-0.05, 0) is 0 Å². The van der Waals surface area contributed by atoms with Crippen LogP contribution in [0.3, 0.4) is 0 Å². The third-order valence-electron chi connectivity index (χ3n) is 0.764. The van der Waals surface area contributed by atoms with E-state index >= 15 is 0 Å². The molecular formula is C3H2N2O. The van der Waals surface area contributed by atoms with Crippen LogP contribution < -0.4 is 0 Å². The lowest BCUT2D eigenvalue weighted by Gasteiger charge is -1.78. The van der Waals surface area contributed by atoms with E-state index in [4.69, 9.17) is 4.74 Å². The lowest BCUT2D eigenvalue weighted by atomic mass is 10.8. The van der Waals surface area contributed by atoms with Crippen LogP contribution in [0.1, 0.15) is 0 Å². The average Bonchev–Trinajstić information content (AvgIpc) is 2.17. The van der Waals surface area contributed by atoms with Gasteiger partial charge in [0.15, 0.2) is 6.73 Å². The fraction of sp³-hybridized carbons (Fsp3) is 0.333. The molecule has 6 heavy (non-hydrogen) atoms. The van der Waals surface area contributed by atoms with Crippen LogP contribution >= 0.6 is 0 Å². The number of ether oxygens (including phenoxy) is 1. The molecule has 0 amide bonds. The Morgan fingerprint density at radius 2 is 2.67 bits per heavy atom. The van der Waals surface area contributed by atoms with Gasteiger partial charge >= 0.3 is 0 Å². The third-order valence-corrected chi connectivity index (χ3v) is 0.764. The number of hydrogen-bond acceptors (Lipinski definition) is 3. The summed E-state index contributed by atoms with van der Waals surface area (Å²) < 4.78 is 4.77. The lowest BCUT2D eigenvalue weighted by Crippen LogP contribution is -1.82. The molecular weight excluding hydrogens is 80.0 g/mol. The summed E-state index contributed by atoms with van der Waals surface area (Å²) in [5, 5.41) is 0. The summed E-state index contributed by atoms with van der Waals surface area (Å²) >= 11 is 0. The molecule has 0 saturated carbocycles. The van der Waals surface area contributed by atoms with Crippen molar-refractivity contribution in [3.8, 4) is 0 Å². The van der Waals surface area contributed by atoms with Crippen LogP contribution in [0.2, 0.25) is 0 Å². The third kappa shape index (κ3) is 0.116. The van der Waals surface area contributed by atoms with E-state index in [9.17, 15) is 0 Å². The standard InChI is InChI=1S/C3H2N2O/c1-4-2-3(5-2)6-1/h1H2. The SMILES string of the molecule is C1N=C2N=C2O1. The van der Waals surface area contributed by atoms with Crippen molar-refractivity contribution in [2.24, 2.45) is 9.98 Å². The summed E-state index contributed by atoms with van der Waals surface area (Å²) in [7, 11) is 0. The van der Waals surface area contributed by atoms with Crippen molar-refractivity contribution in [1.29, 1.82) is 0 Å². The highest BCUT2D eigenvalue weighted by Gasteiger charge is 2.28. The van der Waals surface area contributed by atoms with E-state index < -0.39 is 0 Å². The van der Waals surface area contributed by atoms with E-state index in [2.05, 4.69) is 9.98 Å². The molecule has 2 aliphatic rings. The summed E-state index contributed by atoms with van der Waals surface area (Å²) in [4.78, 5) is 7.51. The quantitative estimate of drug-likeness (QED) is 0.398. The van der Waals surface area contributed by atoms with Crippen LogP contribution in [0.5, 0.6) is 0 Å². The minimum absolute atomic E-state index is 0.494. The van der Waals surface area contributed by atoms with E-state index in [0.29, 0.717) is 6.73 Å². The van der Waals surface area contributed by atoms with Gasteiger partial charge in [0, 0.05) is 0 Å². The smallest absolute Gasteiger partial charge is 0.263 e. The molecule has 0 bridgehead atoms. The molecule has 3 heteroatoms. The first-order valence-electron chi connectivity index (χ1n) is 1.73. The van der Waals surface area contributed by atoms with Crippen LogP contribution in [0.4, 0.5) is 0 Å². The molecule has 0 aliphatic carbocycles. The zero-order valence-electron chi connectivity index (χ0n) is 3.01. The highest BCUT2D eigenvalue weighted by molar-refractivity contribution is 6.53. The highest BCUT2D eigenvalue weighted by Crippen LogP contribution is 2.10. The van der Waals surface area contributed by atoms with Gasteiger partial charge in [-0.2, -0.15) is 4.99 Å². The Morgan fingerprint density at radius 1 is 1.67 bits per heavy atom. The molecule has 0 fully saturated rings. The first-order valence-corrected chi connectivity index (χ1v) is 1.73. The fourth-order valence-corrected chi connectivity index (χ4v) is 0.423. The van der Waals surface area contributed by atoms with E-state index in [-0.39, 0.29) is 0 Å². The Balaban J connectivity index is 2.46. The minimum atomic E-state index is 0.494. The van der Waals surface area contributed by atoms with E-state index in [1.54, 1.807) is 0 Å². The van der Waals surface area contributed by atoms with Crippen LogP contribution in [-0.4, -0.2) is 18.5 Å². The molecule has 0 saturated heterocycles. The number of amidine groups is 1. The molecule has 0 atom stereocenters. The first kappa shape index (κ1) is 2.34. The number of rotatable bonds is 0. The van der Waals surface area contributed by atoms with Crippen molar-refractivity contribution in [2.45, 2.75) is 0 Å². The largest absolute Gasteiger partial charge is 0.452 e. The van der Waals surface area contributed by atoms with Gasteiger partial charge in [0.2, 0.25) is 5.84 Å². The van der Waals surface area contributed by atoms with Crippen molar-refractivity contribution in [3.05, 3.63) is 0 Å². The van der Waals surface area contributed by atoms with Crippen LogP contribution in [0.25, 0.3) is 0 Å². The second-order valence-electron chi connectivity index (χ2n) is 1.17. The molecule has 30 valence electrons. The second-order valence-corrected chi connectivity index (χ2v) is 1.17. The summed E-state index contributed by atoms with van der Waals surface area (Å²) in [6, 6.07) is 0. The monoisotopic (exact) mass is 82.0 g/mol. The van der Waals surface area contributed by atoms with Gasteiger partial charge in [0.25, 0.3) is 5.90 Å². The minimum Gasteiger partial charge on any atom is -0.452 e. The van der Waals surface area contributed by atoms with Gasteiger partial charge in [-0.25, -0.2) is 4.99 Å². The van der Waals surface area contributed by atoms with Crippen molar-refractivity contribution in [3.63, 3.8) is 0 Å². The molecule has 0 radical (unpaired) electrons. The number of fused-ring (bicyclic) bond motifs is 1. The molecule has 0 aromatic heterocycles. The van der Waals surface area contributed by atoms with Gasteiger partial charge in [0.1, 0.15) is 0 Å². The summed E-state index contributed by atoms with van der Waals surface area (Å²) in [6.07, 6.45) is 0. The van der Waals surface area contributed by atoms with Gasteiger partial charge in [-0.3, -0.25) is 0 Å². The molecule has 0 aromatic carbocycles. The molecule has 0 aromatic rings. The van der Waals surface area contributed by atoms with E-state index in [1.165, 1.54) is 0 Å². The van der Waals surface area contributed by atoms with Crippen LogP contribution in [0, 0.1) is 0 Å². The van der Waals surface area contributed by atoms with Crippen molar-refractivity contribution in [2.75, 3.05) is 6.73 Å². The predicted molar refractivity (Wildman–Crippen MR) is 20.8 cm³/mol. The Bertz CT molecular complexity index is 144. The molecule has 0 unspecified atom stereocenters. The zero-order chi connectivity index (χ0) is 3.98. The summed E-state index contributed by atoms with van der Waals surface area (Å²) in [5.74, 6) is 1.56. The maximum Gasteiger partial charge on any atom is 0.263 e. The van der Waals surface area contributed by atoms with Crippen molar-refractivity contribution < 1.29 is 4.74 Å². The molecule has 0 spiro atoms. The second kappa shape index (κ2) is 0.489. The molecule has 2 heterocycles. The fourth-order valence-electron chi connectivity index (χ4n) is 0.423. The summed E-state index contributed by atoms with van der Waals surface area (Å²) in [5.41, 5.74) is 0. The molecule has 2 aliphatic heterocycles. The lowest BCUT2D eigenvalue weighted by molar-refractivity contribution is 0.342. The average molecular weight is 82.1 g/mol. The van der Waals surface area contributed by atoms with Crippen LogP contribution in [0.15, 0.2) is 9.98 Å². The molecule has 3 nitrogen and oxygen atoms in total. The maximum atomic E-state index is 4.77. The maximum absolute atomic E-state index is 4.77. The topological polar surface area (TPSA) is 34.0 Å². The Labute approximate surface area is 34.4 Å². The van der Waals surface area contributed by atoms with Crippen molar-refractivity contribution >= 4 is 11.7 Å². The van der Waals surface area contributed by atoms with Gasteiger partial charge in [0.05, 0.1) is 0 Å². The first-order chi connectivity index (χ1) is 2.97. The molecule has 0 N–H and O–H groups in total. The predicted octanol–water partition coefficient (Wildman–Crippen LogP) is -0.215. The van der Waals surface area contributed by atoms with Crippen molar-refractivity contribution in [1.82, 2.24) is 0 Å². The Morgan fingerprint density at radius 3 is 2.83 bits per heavy atom. The number of nitrogens with zero attached hydrogens (tertiary/aromatic N) is 2.